The second kappa shape index (κ2) is 5.34. The van der Waals surface area contributed by atoms with Gasteiger partial charge in [-0.15, -0.1) is 0 Å². The van der Waals surface area contributed by atoms with Crippen molar-refractivity contribution < 1.29 is 40.5 Å². The van der Waals surface area contributed by atoms with E-state index < -0.39 is 49.5 Å². The molecule has 1 fully saturated rings. The number of aliphatic hydroxyl groups excluding tert-OH is 7. The third-order valence-electron chi connectivity index (χ3n) is 2.54. The van der Waals surface area contributed by atoms with Crippen LogP contribution in [0.1, 0.15) is 0 Å². The first-order valence-corrected chi connectivity index (χ1v) is 4.75. The smallest absolute Gasteiger partial charge is 0.184 e. The standard InChI is InChI=1S/C8H16O8/c9-1-2(10)3(11)7-5(13)4(12)6(14)8(15)16-7/h2-15H,1H2/t2-,3+,4-,5+,6+,7+,8-/m0/s1. The van der Waals surface area contributed by atoms with Gasteiger partial charge in [0.15, 0.2) is 6.29 Å². The van der Waals surface area contributed by atoms with Crippen molar-refractivity contribution in [2.75, 3.05) is 6.61 Å². The van der Waals surface area contributed by atoms with E-state index in [2.05, 4.69) is 4.74 Å². The average molecular weight is 240 g/mol. The molecule has 1 heterocycles. The number of hydrogen-bond donors (Lipinski definition) is 7. The zero-order valence-electron chi connectivity index (χ0n) is 8.29. The second-order valence-corrected chi connectivity index (χ2v) is 3.70. The fourth-order valence-corrected chi connectivity index (χ4v) is 1.50. The van der Waals surface area contributed by atoms with Crippen molar-refractivity contribution in [2.45, 2.75) is 42.9 Å². The largest absolute Gasteiger partial charge is 0.394 e. The first kappa shape index (κ1) is 13.7. The molecule has 0 saturated carbocycles. The molecule has 7 atom stereocenters. The molecule has 0 unspecified atom stereocenters. The molecule has 8 heteroatoms. The van der Waals surface area contributed by atoms with Crippen LogP contribution in [0.2, 0.25) is 0 Å². The molecule has 0 amide bonds. The lowest BCUT2D eigenvalue weighted by Crippen LogP contribution is -2.62. The quantitative estimate of drug-likeness (QED) is 0.261. The lowest BCUT2D eigenvalue weighted by molar-refractivity contribution is -0.303. The van der Waals surface area contributed by atoms with Crippen LogP contribution >= 0.6 is 0 Å². The van der Waals surface area contributed by atoms with Crippen LogP contribution in [0.15, 0.2) is 0 Å². The van der Waals surface area contributed by atoms with Gasteiger partial charge in [0.25, 0.3) is 0 Å². The van der Waals surface area contributed by atoms with Gasteiger partial charge >= 0.3 is 0 Å². The van der Waals surface area contributed by atoms with Crippen LogP contribution in [-0.2, 0) is 4.74 Å². The fraction of sp³-hybridized carbons (Fsp3) is 1.00. The van der Waals surface area contributed by atoms with Crippen molar-refractivity contribution in [3.05, 3.63) is 0 Å². The molecule has 0 bridgehead atoms. The van der Waals surface area contributed by atoms with Crippen LogP contribution in [0.5, 0.6) is 0 Å². The molecule has 0 aromatic rings. The topological polar surface area (TPSA) is 151 Å². The van der Waals surface area contributed by atoms with Gasteiger partial charge in [0.1, 0.15) is 36.6 Å². The van der Waals surface area contributed by atoms with Gasteiger partial charge in [-0.05, 0) is 0 Å². The zero-order valence-corrected chi connectivity index (χ0v) is 8.29. The Morgan fingerprint density at radius 3 is 2.00 bits per heavy atom. The van der Waals surface area contributed by atoms with Crippen molar-refractivity contribution in [3.63, 3.8) is 0 Å². The molecule has 1 aliphatic rings. The fourth-order valence-electron chi connectivity index (χ4n) is 1.50. The van der Waals surface area contributed by atoms with E-state index in [1.165, 1.54) is 0 Å². The van der Waals surface area contributed by atoms with Gasteiger partial charge < -0.3 is 40.5 Å². The third-order valence-corrected chi connectivity index (χ3v) is 2.54. The lowest BCUT2D eigenvalue weighted by Gasteiger charge is -2.40. The molecular formula is C8H16O8. The number of rotatable bonds is 3. The summed E-state index contributed by atoms with van der Waals surface area (Å²) in [4.78, 5) is 0. The van der Waals surface area contributed by atoms with Crippen LogP contribution in [0.25, 0.3) is 0 Å². The zero-order chi connectivity index (χ0) is 12.5. The summed E-state index contributed by atoms with van der Waals surface area (Å²) in [7, 11) is 0. The average Bonchev–Trinajstić information content (AvgIpc) is 2.29. The molecule has 1 saturated heterocycles. The Morgan fingerprint density at radius 1 is 0.938 bits per heavy atom. The van der Waals surface area contributed by atoms with E-state index in [-0.39, 0.29) is 0 Å². The van der Waals surface area contributed by atoms with Gasteiger partial charge in [-0.2, -0.15) is 0 Å². The number of aliphatic hydroxyl groups is 7. The molecule has 7 N–H and O–H groups in total. The van der Waals surface area contributed by atoms with E-state index in [1.54, 1.807) is 0 Å². The van der Waals surface area contributed by atoms with Gasteiger partial charge in [-0.1, -0.05) is 0 Å². The minimum absolute atomic E-state index is 0.775. The summed E-state index contributed by atoms with van der Waals surface area (Å²) < 4.78 is 4.64. The molecular weight excluding hydrogens is 224 g/mol. The highest BCUT2D eigenvalue weighted by Crippen LogP contribution is 2.23. The Morgan fingerprint density at radius 2 is 1.50 bits per heavy atom. The maximum atomic E-state index is 9.44. The molecule has 0 aliphatic carbocycles. The molecule has 0 aromatic heterocycles. The van der Waals surface area contributed by atoms with Gasteiger partial charge in [0.05, 0.1) is 6.61 Å². The van der Waals surface area contributed by atoms with Crippen LogP contribution in [0.3, 0.4) is 0 Å². The van der Waals surface area contributed by atoms with Crippen LogP contribution in [0, 0.1) is 0 Å². The van der Waals surface area contributed by atoms with Crippen molar-refractivity contribution >= 4 is 0 Å². The molecule has 0 spiro atoms. The molecule has 8 nitrogen and oxygen atoms in total. The van der Waals surface area contributed by atoms with E-state index in [0.717, 1.165) is 0 Å². The van der Waals surface area contributed by atoms with E-state index in [0.29, 0.717) is 0 Å². The molecule has 96 valence electrons. The van der Waals surface area contributed by atoms with Gasteiger partial charge in [0.2, 0.25) is 0 Å². The van der Waals surface area contributed by atoms with Crippen LogP contribution < -0.4 is 0 Å². The summed E-state index contributed by atoms with van der Waals surface area (Å²) in [6.07, 6.45) is -11.7. The van der Waals surface area contributed by atoms with Gasteiger partial charge in [-0.25, -0.2) is 0 Å². The SMILES string of the molecule is OC[C@H](O)[C@@H](O)[C@H]1O[C@H](O)[C@H](O)[C@@H](O)[C@H]1O. The van der Waals surface area contributed by atoms with Crippen molar-refractivity contribution in [1.29, 1.82) is 0 Å². The Kier molecular flexibility index (Phi) is 4.59. The molecule has 1 rings (SSSR count). The first-order chi connectivity index (χ1) is 7.40. The van der Waals surface area contributed by atoms with Crippen molar-refractivity contribution in [2.24, 2.45) is 0 Å². The van der Waals surface area contributed by atoms with Crippen LogP contribution in [0.4, 0.5) is 0 Å². The summed E-state index contributed by atoms with van der Waals surface area (Å²) in [5, 5.41) is 64.1. The van der Waals surface area contributed by atoms with Crippen molar-refractivity contribution in [3.8, 4) is 0 Å². The predicted molar refractivity (Wildman–Crippen MR) is 48.0 cm³/mol. The van der Waals surface area contributed by atoms with E-state index in [1.807, 2.05) is 0 Å². The minimum Gasteiger partial charge on any atom is -0.394 e. The Hall–Kier alpha value is -0.320. The Labute approximate surface area is 91.0 Å². The summed E-state index contributed by atoms with van der Waals surface area (Å²) >= 11 is 0. The maximum absolute atomic E-state index is 9.44. The summed E-state index contributed by atoms with van der Waals surface area (Å²) in [5.41, 5.74) is 0. The summed E-state index contributed by atoms with van der Waals surface area (Å²) in [6.45, 7) is -0.775. The van der Waals surface area contributed by atoms with Crippen molar-refractivity contribution in [1.82, 2.24) is 0 Å². The summed E-state index contributed by atoms with van der Waals surface area (Å²) in [6, 6.07) is 0. The Balaban J connectivity index is 2.73. The predicted octanol–water partition coefficient (Wildman–Crippen LogP) is -4.50. The highest BCUT2D eigenvalue weighted by Gasteiger charge is 2.47. The molecule has 0 radical (unpaired) electrons. The van der Waals surface area contributed by atoms with Gasteiger partial charge in [0, 0.05) is 0 Å². The molecule has 1 aliphatic heterocycles. The third kappa shape index (κ3) is 2.50. The number of ether oxygens (including phenoxy) is 1. The Bertz CT molecular complexity index is 220. The molecule has 16 heavy (non-hydrogen) atoms. The highest BCUT2D eigenvalue weighted by atomic mass is 16.6. The van der Waals surface area contributed by atoms with Crippen LogP contribution in [-0.4, -0.2) is 85.3 Å². The normalized spacial score (nSPS) is 44.1. The van der Waals surface area contributed by atoms with Gasteiger partial charge in [-0.3, -0.25) is 0 Å². The molecule has 0 aromatic carbocycles. The van der Waals surface area contributed by atoms with E-state index >= 15 is 0 Å². The van der Waals surface area contributed by atoms with E-state index in [4.69, 9.17) is 20.4 Å². The monoisotopic (exact) mass is 240 g/mol. The maximum Gasteiger partial charge on any atom is 0.184 e. The lowest BCUT2D eigenvalue weighted by atomic mass is 9.93. The highest BCUT2D eigenvalue weighted by molar-refractivity contribution is 4.93. The minimum atomic E-state index is -1.79. The van der Waals surface area contributed by atoms with E-state index in [9.17, 15) is 15.3 Å². The summed E-state index contributed by atoms with van der Waals surface area (Å²) in [5.74, 6) is 0. The first-order valence-electron chi connectivity index (χ1n) is 4.75. The second-order valence-electron chi connectivity index (χ2n) is 3.70. The number of hydrogen-bond acceptors (Lipinski definition) is 8.